The van der Waals surface area contributed by atoms with Gasteiger partial charge in [-0.15, -0.1) is 0 Å². The molecule has 0 saturated carbocycles. The molecule has 0 saturated heterocycles. The molecule has 1 aromatic carbocycles. The van der Waals surface area contributed by atoms with Crippen LogP contribution in [0.3, 0.4) is 0 Å². The number of benzene rings is 1. The second-order valence-corrected chi connectivity index (χ2v) is 7.37. The molecule has 1 N–H and O–H groups in total. The Morgan fingerprint density at radius 1 is 1.23 bits per heavy atom. The van der Waals surface area contributed by atoms with E-state index < -0.39 is 16.0 Å². The van der Waals surface area contributed by atoms with Crippen LogP contribution in [0.25, 0.3) is 0 Å². The SMILES string of the molecule is CCOC(=O)c1c(C)cc(/C=N/NS(=O)(=O)c2ccc(C)cc2)nc1C. The van der Waals surface area contributed by atoms with Crippen LogP contribution in [0.15, 0.2) is 40.3 Å². The highest BCUT2D eigenvalue weighted by molar-refractivity contribution is 7.89. The number of carbonyl (C=O) groups excluding carboxylic acids is 1. The predicted octanol–water partition coefficient (Wildman–Crippen LogP) is 2.50. The molecule has 1 aromatic heterocycles. The van der Waals surface area contributed by atoms with Crippen LogP contribution < -0.4 is 4.83 Å². The van der Waals surface area contributed by atoms with Gasteiger partial charge in [-0.25, -0.2) is 9.63 Å². The van der Waals surface area contributed by atoms with E-state index >= 15 is 0 Å². The summed E-state index contributed by atoms with van der Waals surface area (Å²) >= 11 is 0. The van der Waals surface area contributed by atoms with E-state index in [1.54, 1.807) is 39.0 Å². The largest absolute Gasteiger partial charge is 0.462 e. The fraction of sp³-hybridized carbons (Fsp3) is 0.278. The van der Waals surface area contributed by atoms with Crippen molar-refractivity contribution in [2.75, 3.05) is 6.61 Å². The van der Waals surface area contributed by atoms with Gasteiger partial charge in [0.1, 0.15) is 0 Å². The first kappa shape index (κ1) is 19.6. The van der Waals surface area contributed by atoms with Gasteiger partial charge < -0.3 is 4.74 Å². The number of nitrogens with zero attached hydrogens (tertiary/aromatic N) is 2. The molecule has 7 nitrogen and oxygen atoms in total. The molecule has 0 unspecified atom stereocenters. The summed E-state index contributed by atoms with van der Waals surface area (Å²) in [5.41, 5.74) is 2.97. The quantitative estimate of drug-likeness (QED) is 0.475. The highest BCUT2D eigenvalue weighted by Crippen LogP contribution is 2.14. The Bertz CT molecular complexity index is 912. The van der Waals surface area contributed by atoms with E-state index in [1.807, 2.05) is 6.92 Å². The fourth-order valence-corrected chi connectivity index (χ4v) is 3.16. The zero-order valence-corrected chi connectivity index (χ0v) is 15.9. The van der Waals surface area contributed by atoms with Crippen LogP contribution in [0.5, 0.6) is 0 Å². The molecule has 138 valence electrons. The van der Waals surface area contributed by atoms with Crippen molar-refractivity contribution in [3.05, 3.63) is 58.4 Å². The summed E-state index contributed by atoms with van der Waals surface area (Å²) in [5.74, 6) is -0.432. The number of hydrogen-bond acceptors (Lipinski definition) is 6. The number of carbonyl (C=O) groups is 1. The highest BCUT2D eigenvalue weighted by atomic mass is 32.2. The average Bonchev–Trinajstić information content (AvgIpc) is 2.54. The maximum Gasteiger partial charge on any atom is 0.340 e. The molecule has 1 heterocycles. The predicted molar refractivity (Wildman–Crippen MR) is 98.8 cm³/mol. The van der Waals surface area contributed by atoms with Crippen molar-refractivity contribution >= 4 is 22.2 Å². The van der Waals surface area contributed by atoms with Gasteiger partial charge in [-0.1, -0.05) is 17.7 Å². The van der Waals surface area contributed by atoms with Crippen LogP contribution >= 0.6 is 0 Å². The molecule has 0 atom stereocenters. The molecule has 8 heteroatoms. The fourth-order valence-electron chi connectivity index (χ4n) is 2.37. The van der Waals surface area contributed by atoms with Crippen LogP contribution in [0, 0.1) is 20.8 Å². The molecule has 0 spiro atoms. The molecule has 0 aliphatic rings. The van der Waals surface area contributed by atoms with E-state index in [-0.39, 0.29) is 11.5 Å². The van der Waals surface area contributed by atoms with Crippen LogP contribution in [0.4, 0.5) is 0 Å². The zero-order chi connectivity index (χ0) is 19.3. The lowest BCUT2D eigenvalue weighted by molar-refractivity contribution is 0.0524. The lowest BCUT2D eigenvalue weighted by Crippen LogP contribution is -2.18. The lowest BCUT2D eigenvalue weighted by atomic mass is 10.1. The number of hydrazone groups is 1. The normalized spacial score (nSPS) is 11.5. The number of pyridine rings is 1. The van der Waals surface area contributed by atoms with E-state index in [0.717, 1.165) is 5.56 Å². The van der Waals surface area contributed by atoms with Gasteiger partial charge in [-0.05, 0) is 51.5 Å². The second-order valence-electron chi connectivity index (χ2n) is 5.71. The van der Waals surface area contributed by atoms with E-state index in [0.29, 0.717) is 22.5 Å². The summed E-state index contributed by atoms with van der Waals surface area (Å²) in [6.45, 7) is 7.33. The number of esters is 1. The monoisotopic (exact) mass is 375 g/mol. The van der Waals surface area contributed by atoms with Crippen LogP contribution in [-0.4, -0.2) is 32.2 Å². The number of ether oxygens (including phenoxy) is 1. The van der Waals surface area contributed by atoms with Gasteiger partial charge in [0.15, 0.2) is 0 Å². The summed E-state index contributed by atoms with van der Waals surface area (Å²) in [5, 5.41) is 3.76. The standard InChI is InChI=1S/C18H21N3O4S/c1-5-25-18(22)17-13(3)10-15(20-14(17)4)11-19-21-26(23,24)16-8-6-12(2)7-9-16/h6-11,21H,5H2,1-4H3/b19-11+. The van der Waals surface area contributed by atoms with E-state index in [2.05, 4.69) is 14.9 Å². The molecular weight excluding hydrogens is 354 g/mol. The minimum absolute atomic E-state index is 0.123. The third kappa shape index (κ3) is 4.66. The summed E-state index contributed by atoms with van der Waals surface area (Å²) in [4.78, 5) is 18.5. The van der Waals surface area contributed by atoms with Crippen LogP contribution in [0.2, 0.25) is 0 Å². The maximum absolute atomic E-state index is 12.2. The second kappa shape index (κ2) is 8.09. The summed E-state index contributed by atoms with van der Waals surface area (Å²) in [6.07, 6.45) is 1.29. The Labute approximate surface area is 153 Å². The van der Waals surface area contributed by atoms with Crippen molar-refractivity contribution in [1.82, 2.24) is 9.82 Å². The van der Waals surface area contributed by atoms with Gasteiger partial charge in [0.25, 0.3) is 10.0 Å². The zero-order valence-electron chi connectivity index (χ0n) is 15.1. The smallest absolute Gasteiger partial charge is 0.340 e. The van der Waals surface area contributed by atoms with E-state index in [1.165, 1.54) is 18.3 Å². The molecule has 0 fully saturated rings. The number of hydrogen-bond donors (Lipinski definition) is 1. The Balaban J connectivity index is 2.18. The highest BCUT2D eigenvalue weighted by Gasteiger charge is 2.16. The molecule has 0 aliphatic heterocycles. The molecular formula is C18H21N3O4S. The van der Waals surface area contributed by atoms with Crippen molar-refractivity contribution in [2.24, 2.45) is 5.10 Å². The van der Waals surface area contributed by atoms with Crippen molar-refractivity contribution in [1.29, 1.82) is 0 Å². The third-order valence-corrected chi connectivity index (χ3v) is 4.84. The third-order valence-electron chi connectivity index (χ3n) is 3.60. The van der Waals surface area contributed by atoms with Gasteiger partial charge in [-0.3, -0.25) is 4.98 Å². The van der Waals surface area contributed by atoms with Crippen molar-refractivity contribution in [2.45, 2.75) is 32.6 Å². The van der Waals surface area contributed by atoms with Crippen LogP contribution in [-0.2, 0) is 14.8 Å². The Morgan fingerprint density at radius 3 is 2.46 bits per heavy atom. The molecule has 0 aliphatic carbocycles. The molecule has 0 amide bonds. The van der Waals surface area contributed by atoms with Gasteiger partial charge >= 0.3 is 5.97 Å². The van der Waals surface area contributed by atoms with Gasteiger partial charge in [0, 0.05) is 0 Å². The first-order valence-electron chi connectivity index (χ1n) is 8.01. The molecule has 2 rings (SSSR count). The molecule has 0 radical (unpaired) electrons. The Morgan fingerprint density at radius 2 is 1.88 bits per heavy atom. The lowest BCUT2D eigenvalue weighted by Gasteiger charge is -2.09. The minimum Gasteiger partial charge on any atom is -0.462 e. The minimum atomic E-state index is -3.75. The summed E-state index contributed by atoms with van der Waals surface area (Å²) in [7, 11) is -3.75. The number of aryl methyl sites for hydroxylation is 3. The summed E-state index contributed by atoms with van der Waals surface area (Å²) in [6, 6.07) is 8.08. The van der Waals surface area contributed by atoms with Gasteiger partial charge in [-0.2, -0.15) is 13.5 Å². The maximum atomic E-state index is 12.2. The van der Waals surface area contributed by atoms with E-state index in [9.17, 15) is 13.2 Å². The number of rotatable bonds is 6. The first-order chi connectivity index (χ1) is 12.2. The summed E-state index contributed by atoms with van der Waals surface area (Å²) < 4.78 is 29.4. The average molecular weight is 375 g/mol. The number of nitrogens with one attached hydrogen (secondary N) is 1. The van der Waals surface area contributed by atoms with Gasteiger partial charge in [0.05, 0.1) is 34.7 Å². The molecule has 26 heavy (non-hydrogen) atoms. The van der Waals surface area contributed by atoms with Crippen molar-refractivity contribution in [3.8, 4) is 0 Å². The topological polar surface area (TPSA) is 97.7 Å². The van der Waals surface area contributed by atoms with Gasteiger partial charge in [0.2, 0.25) is 0 Å². The first-order valence-corrected chi connectivity index (χ1v) is 9.50. The Hall–Kier alpha value is -2.74. The van der Waals surface area contributed by atoms with Crippen molar-refractivity contribution in [3.63, 3.8) is 0 Å². The molecule has 0 bridgehead atoms. The van der Waals surface area contributed by atoms with Crippen LogP contribution in [0.1, 0.15) is 39.8 Å². The number of sulfonamides is 1. The molecule has 2 aromatic rings. The van der Waals surface area contributed by atoms with E-state index in [4.69, 9.17) is 4.74 Å². The number of aromatic nitrogens is 1. The van der Waals surface area contributed by atoms with Crippen molar-refractivity contribution < 1.29 is 17.9 Å². The Kier molecular flexibility index (Phi) is 6.10.